The minimum absolute atomic E-state index is 0.139. The highest BCUT2D eigenvalue weighted by Gasteiger charge is 2.00. The maximum Gasteiger partial charge on any atom is 0.328 e. The van der Waals surface area contributed by atoms with E-state index in [4.69, 9.17) is 9.84 Å². The van der Waals surface area contributed by atoms with E-state index in [1.165, 1.54) is 0 Å². The number of ether oxygens (including phenoxy) is 1. The van der Waals surface area contributed by atoms with Crippen LogP contribution < -0.4 is 10.6 Å². The van der Waals surface area contributed by atoms with Crippen molar-refractivity contribution in [1.82, 2.24) is 10.6 Å². The van der Waals surface area contributed by atoms with Crippen LogP contribution in [0, 0.1) is 0 Å². The summed E-state index contributed by atoms with van der Waals surface area (Å²) in [5.41, 5.74) is 0.664. The highest BCUT2D eigenvalue weighted by molar-refractivity contribution is 5.80. The van der Waals surface area contributed by atoms with Crippen molar-refractivity contribution < 1.29 is 19.4 Å². The molecule has 0 aromatic rings. The topological polar surface area (TPSA) is 87.7 Å². The molecule has 0 aromatic carbocycles. The molecule has 0 rings (SSSR count). The average molecular weight is 230 g/mol. The maximum atomic E-state index is 11.2. The lowest BCUT2D eigenvalue weighted by molar-refractivity contribution is -0.131. The number of methoxy groups -OCH3 is 1. The van der Waals surface area contributed by atoms with E-state index >= 15 is 0 Å². The summed E-state index contributed by atoms with van der Waals surface area (Å²) in [5.74, 6) is -1.12. The molecule has 16 heavy (non-hydrogen) atoms. The van der Waals surface area contributed by atoms with Crippen molar-refractivity contribution in [2.24, 2.45) is 0 Å². The van der Waals surface area contributed by atoms with Crippen LogP contribution >= 0.6 is 0 Å². The molecule has 0 spiro atoms. The van der Waals surface area contributed by atoms with E-state index in [1.54, 1.807) is 14.0 Å². The predicted molar refractivity (Wildman–Crippen MR) is 59.1 cm³/mol. The molecular formula is C10H18N2O4. The second-order valence-electron chi connectivity index (χ2n) is 3.28. The van der Waals surface area contributed by atoms with Crippen molar-refractivity contribution in [3.63, 3.8) is 0 Å². The number of hydrogen-bond donors (Lipinski definition) is 3. The summed E-state index contributed by atoms with van der Waals surface area (Å²) >= 11 is 0. The first-order valence-electron chi connectivity index (χ1n) is 4.92. The van der Waals surface area contributed by atoms with Gasteiger partial charge in [0.2, 0.25) is 5.91 Å². The lowest BCUT2D eigenvalue weighted by atomic mass is 10.3. The van der Waals surface area contributed by atoms with Crippen LogP contribution in [0.25, 0.3) is 0 Å². The maximum absolute atomic E-state index is 11.2. The highest BCUT2D eigenvalue weighted by atomic mass is 16.5. The van der Waals surface area contributed by atoms with Gasteiger partial charge in [-0.05, 0) is 6.92 Å². The predicted octanol–water partition coefficient (Wildman–Crippen LogP) is -0.630. The highest BCUT2D eigenvalue weighted by Crippen LogP contribution is 1.88. The zero-order valence-corrected chi connectivity index (χ0v) is 9.58. The van der Waals surface area contributed by atoms with Crippen molar-refractivity contribution in [2.75, 3.05) is 33.4 Å². The van der Waals surface area contributed by atoms with Crippen LogP contribution in [-0.2, 0) is 14.3 Å². The number of rotatable bonds is 8. The Balaban J connectivity index is 3.58. The molecule has 92 valence electrons. The van der Waals surface area contributed by atoms with Gasteiger partial charge in [0.25, 0.3) is 0 Å². The third-order valence-corrected chi connectivity index (χ3v) is 1.69. The third-order valence-electron chi connectivity index (χ3n) is 1.69. The quantitative estimate of drug-likeness (QED) is 0.382. The lowest BCUT2D eigenvalue weighted by Crippen LogP contribution is -2.36. The molecule has 0 aliphatic carbocycles. The van der Waals surface area contributed by atoms with Crippen molar-refractivity contribution in [3.05, 3.63) is 11.6 Å². The monoisotopic (exact) mass is 230 g/mol. The molecule has 0 heterocycles. The number of nitrogens with one attached hydrogen (secondary N) is 2. The number of carbonyl (C=O) groups is 2. The van der Waals surface area contributed by atoms with Gasteiger partial charge in [0, 0.05) is 26.3 Å². The van der Waals surface area contributed by atoms with Crippen LogP contribution in [0.2, 0.25) is 0 Å². The molecule has 0 atom stereocenters. The van der Waals surface area contributed by atoms with E-state index in [0.717, 1.165) is 6.08 Å². The first-order valence-corrected chi connectivity index (χ1v) is 4.92. The number of aliphatic carboxylic acids is 1. The van der Waals surface area contributed by atoms with Gasteiger partial charge < -0.3 is 20.5 Å². The van der Waals surface area contributed by atoms with Crippen LogP contribution in [-0.4, -0.2) is 50.3 Å². The molecule has 3 N–H and O–H groups in total. The van der Waals surface area contributed by atoms with E-state index in [9.17, 15) is 9.59 Å². The average Bonchev–Trinajstić information content (AvgIpc) is 2.17. The zero-order valence-electron chi connectivity index (χ0n) is 9.58. The van der Waals surface area contributed by atoms with Crippen molar-refractivity contribution in [1.29, 1.82) is 0 Å². The van der Waals surface area contributed by atoms with Gasteiger partial charge >= 0.3 is 5.97 Å². The van der Waals surface area contributed by atoms with Crippen molar-refractivity contribution >= 4 is 11.9 Å². The molecular weight excluding hydrogens is 212 g/mol. The van der Waals surface area contributed by atoms with Crippen molar-refractivity contribution in [2.45, 2.75) is 6.92 Å². The molecule has 0 unspecified atom stereocenters. The summed E-state index contributed by atoms with van der Waals surface area (Å²) < 4.78 is 4.77. The smallest absolute Gasteiger partial charge is 0.328 e. The number of carboxylic acid groups (broad SMARTS) is 1. The largest absolute Gasteiger partial charge is 0.478 e. The van der Waals surface area contributed by atoms with Gasteiger partial charge in [-0.3, -0.25) is 4.79 Å². The normalized spacial score (nSPS) is 11.2. The van der Waals surface area contributed by atoms with Gasteiger partial charge in [0.15, 0.2) is 0 Å². The molecule has 0 bridgehead atoms. The second-order valence-corrected chi connectivity index (χ2v) is 3.28. The lowest BCUT2D eigenvalue weighted by Gasteiger charge is -2.06. The van der Waals surface area contributed by atoms with Gasteiger partial charge in [0.1, 0.15) is 0 Å². The van der Waals surface area contributed by atoms with Crippen LogP contribution in [0.1, 0.15) is 6.92 Å². The molecule has 0 aliphatic rings. The summed E-state index contributed by atoms with van der Waals surface area (Å²) in [6.45, 7) is 3.17. The van der Waals surface area contributed by atoms with E-state index in [1.807, 2.05) is 0 Å². The summed E-state index contributed by atoms with van der Waals surface area (Å²) in [4.78, 5) is 21.4. The van der Waals surface area contributed by atoms with Crippen LogP contribution in [0.15, 0.2) is 11.6 Å². The van der Waals surface area contributed by atoms with E-state index < -0.39 is 5.97 Å². The number of carbonyl (C=O) groups excluding carboxylic acids is 1. The molecule has 0 fully saturated rings. The van der Waals surface area contributed by atoms with Crippen LogP contribution in [0.4, 0.5) is 0 Å². The fraction of sp³-hybridized carbons (Fsp3) is 0.600. The van der Waals surface area contributed by atoms with Gasteiger partial charge in [-0.2, -0.15) is 0 Å². The minimum Gasteiger partial charge on any atom is -0.478 e. The molecule has 0 aromatic heterocycles. The molecule has 0 saturated heterocycles. The Bertz CT molecular complexity index is 264. The number of carboxylic acids is 1. The summed E-state index contributed by atoms with van der Waals surface area (Å²) in [6, 6.07) is 0. The van der Waals surface area contributed by atoms with Crippen LogP contribution in [0.5, 0.6) is 0 Å². The first kappa shape index (κ1) is 14.6. The van der Waals surface area contributed by atoms with Gasteiger partial charge in [-0.15, -0.1) is 0 Å². The Hall–Kier alpha value is -1.40. The Kier molecular flexibility index (Phi) is 8.10. The second kappa shape index (κ2) is 8.87. The molecule has 6 heteroatoms. The third kappa shape index (κ3) is 9.17. The van der Waals surface area contributed by atoms with E-state index in [-0.39, 0.29) is 12.5 Å². The number of hydrogen-bond acceptors (Lipinski definition) is 4. The molecule has 0 aliphatic heterocycles. The summed E-state index contributed by atoms with van der Waals surface area (Å²) in [6.07, 6.45) is 1.11. The van der Waals surface area contributed by atoms with Gasteiger partial charge in [0.05, 0.1) is 13.2 Å². The first-order chi connectivity index (χ1) is 7.56. The van der Waals surface area contributed by atoms with Crippen molar-refractivity contribution in [3.8, 4) is 0 Å². The van der Waals surface area contributed by atoms with E-state index in [2.05, 4.69) is 10.6 Å². The molecule has 0 radical (unpaired) electrons. The molecule has 0 saturated carbocycles. The summed E-state index contributed by atoms with van der Waals surface area (Å²) in [7, 11) is 1.56. The van der Waals surface area contributed by atoms with Crippen LogP contribution in [0.3, 0.4) is 0 Å². The van der Waals surface area contributed by atoms with E-state index in [0.29, 0.717) is 25.3 Å². The molecule has 6 nitrogen and oxygen atoms in total. The Morgan fingerprint density at radius 2 is 2.06 bits per heavy atom. The fourth-order valence-corrected chi connectivity index (χ4v) is 0.990. The molecule has 1 amide bonds. The Morgan fingerprint density at radius 1 is 1.38 bits per heavy atom. The fourth-order valence-electron chi connectivity index (χ4n) is 0.990. The standard InChI is InChI=1S/C10H18N2O4/c1-8(5-10(14)15)6-11-7-9(13)12-3-4-16-2/h5,11H,3-4,6-7H2,1-2H3,(H,12,13)(H,14,15). The zero-order chi connectivity index (χ0) is 12.4. The van der Waals surface area contributed by atoms with Gasteiger partial charge in [-0.1, -0.05) is 5.57 Å². The Morgan fingerprint density at radius 3 is 2.62 bits per heavy atom. The summed E-state index contributed by atoms with van der Waals surface area (Å²) in [5, 5.41) is 13.9. The Labute approximate surface area is 94.7 Å². The minimum atomic E-state index is -0.983. The van der Waals surface area contributed by atoms with Gasteiger partial charge in [-0.25, -0.2) is 4.79 Å². The SMILES string of the molecule is COCCNC(=O)CNCC(C)=CC(=O)O. The number of amides is 1.